The maximum atomic E-state index is 12.1. The second-order valence-electron chi connectivity index (χ2n) is 4.40. The molecule has 0 unspecified atom stereocenters. The van der Waals surface area contributed by atoms with Gasteiger partial charge in [0.2, 0.25) is 0 Å². The number of hydrogen-bond donors (Lipinski definition) is 0. The zero-order valence-corrected chi connectivity index (χ0v) is 10.5. The average molecular weight is 247 g/mol. The minimum atomic E-state index is 0.157. The van der Waals surface area contributed by atoms with Gasteiger partial charge in [0.1, 0.15) is 0 Å². The summed E-state index contributed by atoms with van der Waals surface area (Å²) < 4.78 is 1.62. The highest BCUT2D eigenvalue weighted by molar-refractivity contribution is 7.14. The SMILES string of the molecule is Cn1cc(CC(=O)c2cc3c(s2)CCC3)nn1. The second kappa shape index (κ2) is 4.07. The molecule has 3 rings (SSSR count). The van der Waals surface area contributed by atoms with Gasteiger partial charge in [-0.15, -0.1) is 16.4 Å². The highest BCUT2D eigenvalue weighted by Gasteiger charge is 2.19. The van der Waals surface area contributed by atoms with Crippen LogP contribution in [0.2, 0.25) is 0 Å². The number of thiophene rings is 1. The van der Waals surface area contributed by atoms with Gasteiger partial charge in [0, 0.05) is 18.1 Å². The molecule has 1 aliphatic carbocycles. The molecule has 0 N–H and O–H groups in total. The zero-order chi connectivity index (χ0) is 11.8. The van der Waals surface area contributed by atoms with E-state index in [4.69, 9.17) is 0 Å². The molecule has 5 heteroatoms. The van der Waals surface area contributed by atoms with E-state index in [0.717, 1.165) is 23.4 Å². The molecule has 0 fully saturated rings. The van der Waals surface area contributed by atoms with Gasteiger partial charge >= 0.3 is 0 Å². The van der Waals surface area contributed by atoms with Crippen LogP contribution in [0.3, 0.4) is 0 Å². The Balaban J connectivity index is 1.77. The van der Waals surface area contributed by atoms with Gasteiger partial charge in [-0.3, -0.25) is 9.48 Å². The first-order valence-electron chi connectivity index (χ1n) is 5.72. The summed E-state index contributed by atoms with van der Waals surface area (Å²) in [5, 5.41) is 7.77. The van der Waals surface area contributed by atoms with Crippen LogP contribution in [0.25, 0.3) is 0 Å². The van der Waals surface area contributed by atoms with Gasteiger partial charge in [-0.2, -0.15) is 0 Å². The van der Waals surface area contributed by atoms with Crippen LogP contribution in [-0.4, -0.2) is 20.8 Å². The topological polar surface area (TPSA) is 47.8 Å². The molecule has 88 valence electrons. The van der Waals surface area contributed by atoms with Crippen LogP contribution >= 0.6 is 11.3 Å². The van der Waals surface area contributed by atoms with Crippen molar-refractivity contribution in [2.75, 3.05) is 0 Å². The number of hydrogen-bond acceptors (Lipinski definition) is 4. The molecule has 1 aliphatic rings. The minimum Gasteiger partial charge on any atom is -0.293 e. The van der Waals surface area contributed by atoms with Crippen molar-refractivity contribution in [1.82, 2.24) is 15.0 Å². The summed E-state index contributed by atoms with van der Waals surface area (Å²) in [6.07, 6.45) is 5.65. The first-order valence-corrected chi connectivity index (χ1v) is 6.54. The first-order chi connectivity index (χ1) is 8.22. The number of carbonyl (C=O) groups excluding carboxylic acids is 1. The highest BCUT2D eigenvalue weighted by Crippen LogP contribution is 2.31. The Morgan fingerprint density at radius 3 is 3.12 bits per heavy atom. The summed E-state index contributed by atoms with van der Waals surface area (Å²) in [6, 6.07) is 2.06. The van der Waals surface area contributed by atoms with Crippen molar-refractivity contribution in [1.29, 1.82) is 0 Å². The summed E-state index contributed by atoms with van der Waals surface area (Å²) in [7, 11) is 1.81. The van der Waals surface area contributed by atoms with Gasteiger partial charge in [0.15, 0.2) is 5.78 Å². The Kier molecular flexibility index (Phi) is 2.55. The quantitative estimate of drug-likeness (QED) is 0.777. The maximum Gasteiger partial charge on any atom is 0.178 e. The van der Waals surface area contributed by atoms with Crippen LogP contribution in [0.15, 0.2) is 12.3 Å². The predicted molar refractivity (Wildman–Crippen MR) is 65.4 cm³/mol. The molecule has 2 aromatic rings. The Labute approximate surface area is 103 Å². The maximum absolute atomic E-state index is 12.1. The molecule has 0 aliphatic heterocycles. The molecule has 0 amide bonds. The van der Waals surface area contributed by atoms with Gasteiger partial charge in [-0.1, -0.05) is 5.21 Å². The molecule has 0 radical (unpaired) electrons. The number of nitrogens with zero attached hydrogens (tertiary/aromatic N) is 3. The average Bonchev–Trinajstić information content (AvgIpc) is 2.92. The summed E-state index contributed by atoms with van der Waals surface area (Å²) in [4.78, 5) is 14.3. The van der Waals surface area contributed by atoms with Crippen molar-refractivity contribution < 1.29 is 4.79 Å². The zero-order valence-electron chi connectivity index (χ0n) is 9.64. The third kappa shape index (κ3) is 2.02. The highest BCUT2D eigenvalue weighted by atomic mass is 32.1. The molecule has 0 aromatic carbocycles. The fraction of sp³-hybridized carbons (Fsp3) is 0.417. The van der Waals surface area contributed by atoms with Crippen LogP contribution in [0.5, 0.6) is 0 Å². The number of aryl methyl sites for hydroxylation is 3. The molecule has 0 bridgehead atoms. The van der Waals surface area contributed by atoms with Crippen molar-refractivity contribution in [3.63, 3.8) is 0 Å². The Bertz CT molecular complexity index is 549. The summed E-state index contributed by atoms with van der Waals surface area (Å²) >= 11 is 1.65. The Morgan fingerprint density at radius 1 is 1.53 bits per heavy atom. The van der Waals surface area contributed by atoms with Crippen molar-refractivity contribution >= 4 is 17.1 Å². The number of carbonyl (C=O) groups is 1. The second-order valence-corrected chi connectivity index (χ2v) is 5.53. The number of rotatable bonds is 3. The van der Waals surface area contributed by atoms with E-state index in [1.54, 1.807) is 29.3 Å². The van der Waals surface area contributed by atoms with Gasteiger partial charge in [-0.05, 0) is 30.9 Å². The van der Waals surface area contributed by atoms with Crippen LogP contribution in [0.1, 0.15) is 32.2 Å². The first kappa shape index (κ1) is 10.7. The lowest BCUT2D eigenvalue weighted by atomic mass is 10.1. The normalized spacial score (nSPS) is 13.9. The third-order valence-corrected chi connectivity index (χ3v) is 4.29. The molecule has 4 nitrogen and oxygen atoms in total. The fourth-order valence-corrected chi connectivity index (χ4v) is 3.39. The minimum absolute atomic E-state index is 0.157. The van der Waals surface area contributed by atoms with Crippen LogP contribution in [-0.2, 0) is 26.3 Å². The van der Waals surface area contributed by atoms with E-state index in [1.165, 1.54) is 16.9 Å². The lowest BCUT2D eigenvalue weighted by molar-refractivity contribution is 0.0995. The van der Waals surface area contributed by atoms with E-state index in [-0.39, 0.29) is 5.78 Å². The monoisotopic (exact) mass is 247 g/mol. The van der Waals surface area contributed by atoms with E-state index in [2.05, 4.69) is 16.4 Å². The standard InChI is InChI=1S/C12H13N3OS/c1-15-7-9(13-14-15)6-10(16)12-5-8-3-2-4-11(8)17-12/h5,7H,2-4,6H2,1H3. The van der Waals surface area contributed by atoms with Crippen LogP contribution < -0.4 is 0 Å². The van der Waals surface area contributed by atoms with Gasteiger partial charge in [0.05, 0.1) is 17.0 Å². The molecule has 2 aromatic heterocycles. The summed E-state index contributed by atoms with van der Waals surface area (Å²) in [6.45, 7) is 0. The Morgan fingerprint density at radius 2 is 2.41 bits per heavy atom. The Hall–Kier alpha value is -1.49. The predicted octanol–water partition coefficient (Wildman–Crippen LogP) is 1.79. The van der Waals surface area contributed by atoms with Crippen LogP contribution in [0.4, 0.5) is 0 Å². The summed E-state index contributed by atoms with van der Waals surface area (Å²) in [5.74, 6) is 0.157. The summed E-state index contributed by atoms with van der Waals surface area (Å²) in [5.41, 5.74) is 2.11. The lowest BCUT2D eigenvalue weighted by Gasteiger charge is -1.93. The van der Waals surface area contributed by atoms with Gasteiger partial charge < -0.3 is 0 Å². The molecule has 2 heterocycles. The fourth-order valence-electron chi connectivity index (χ4n) is 2.19. The molecular formula is C12H13N3OS. The molecule has 17 heavy (non-hydrogen) atoms. The van der Waals surface area contributed by atoms with E-state index in [1.807, 2.05) is 0 Å². The molecular weight excluding hydrogens is 234 g/mol. The largest absolute Gasteiger partial charge is 0.293 e. The smallest absolute Gasteiger partial charge is 0.178 e. The third-order valence-electron chi connectivity index (χ3n) is 3.01. The van der Waals surface area contributed by atoms with Crippen molar-refractivity contribution in [2.24, 2.45) is 7.05 Å². The molecule has 0 saturated heterocycles. The van der Waals surface area contributed by atoms with E-state index in [0.29, 0.717) is 6.42 Å². The van der Waals surface area contributed by atoms with Crippen molar-refractivity contribution in [2.45, 2.75) is 25.7 Å². The number of aromatic nitrogens is 3. The van der Waals surface area contributed by atoms with E-state index in [9.17, 15) is 4.79 Å². The lowest BCUT2D eigenvalue weighted by Crippen LogP contribution is -2.01. The number of Topliss-reactive ketones (excluding diaryl/α,β-unsaturated/α-hetero) is 1. The van der Waals surface area contributed by atoms with Crippen molar-refractivity contribution in [3.8, 4) is 0 Å². The molecule has 0 saturated carbocycles. The number of ketones is 1. The van der Waals surface area contributed by atoms with Crippen molar-refractivity contribution in [3.05, 3.63) is 33.3 Å². The molecule has 0 spiro atoms. The van der Waals surface area contributed by atoms with Gasteiger partial charge in [-0.25, -0.2) is 0 Å². The molecule has 0 atom stereocenters. The van der Waals surface area contributed by atoms with Gasteiger partial charge in [0.25, 0.3) is 0 Å². The van der Waals surface area contributed by atoms with E-state index >= 15 is 0 Å². The van der Waals surface area contributed by atoms with E-state index < -0.39 is 0 Å². The van der Waals surface area contributed by atoms with Crippen LogP contribution in [0, 0.1) is 0 Å². The number of fused-ring (bicyclic) bond motifs is 1.